The SMILES string of the molecule is COC(=O)c1ccccc1CNC1CCCCNC1=O. The van der Waals surface area contributed by atoms with Crippen LogP contribution in [-0.4, -0.2) is 31.6 Å². The number of benzene rings is 1. The fourth-order valence-electron chi connectivity index (χ4n) is 2.35. The van der Waals surface area contributed by atoms with Crippen molar-refractivity contribution in [1.29, 1.82) is 0 Å². The van der Waals surface area contributed by atoms with E-state index in [0.29, 0.717) is 12.1 Å². The van der Waals surface area contributed by atoms with Crippen molar-refractivity contribution < 1.29 is 14.3 Å². The fourth-order valence-corrected chi connectivity index (χ4v) is 2.35. The Morgan fingerprint density at radius 3 is 3.00 bits per heavy atom. The van der Waals surface area contributed by atoms with Gasteiger partial charge in [0.15, 0.2) is 0 Å². The molecule has 1 amide bonds. The summed E-state index contributed by atoms with van der Waals surface area (Å²) >= 11 is 0. The highest BCUT2D eigenvalue weighted by Gasteiger charge is 2.20. The zero-order chi connectivity index (χ0) is 14.4. The Balaban J connectivity index is 2.03. The first kappa shape index (κ1) is 14.5. The van der Waals surface area contributed by atoms with E-state index in [-0.39, 0.29) is 17.9 Å². The molecule has 1 saturated heterocycles. The molecule has 1 aromatic carbocycles. The Bertz CT molecular complexity index is 488. The van der Waals surface area contributed by atoms with Crippen LogP contribution in [0, 0.1) is 0 Å². The lowest BCUT2D eigenvalue weighted by atomic mass is 10.1. The van der Waals surface area contributed by atoms with Gasteiger partial charge in [-0.2, -0.15) is 0 Å². The number of ether oxygens (including phenoxy) is 1. The zero-order valence-electron chi connectivity index (χ0n) is 11.6. The molecule has 5 nitrogen and oxygen atoms in total. The molecule has 0 aromatic heterocycles. The lowest BCUT2D eigenvalue weighted by Gasteiger charge is -2.16. The third-order valence-electron chi connectivity index (χ3n) is 3.50. The molecule has 1 aliphatic heterocycles. The molecule has 1 aliphatic rings. The van der Waals surface area contributed by atoms with Crippen LogP contribution in [0.1, 0.15) is 35.2 Å². The number of carbonyl (C=O) groups excluding carboxylic acids is 2. The van der Waals surface area contributed by atoms with Crippen LogP contribution >= 0.6 is 0 Å². The van der Waals surface area contributed by atoms with E-state index >= 15 is 0 Å². The Hall–Kier alpha value is -1.88. The minimum absolute atomic E-state index is 0.0399. The van der Waals surface area contributed by atoms with Crippen LogP contribution in [0.15, 0.2) is 24.3 Å². The van der Waals surface area contributed by atoms with E-state index in [1.807, 2.05) is 12.1 Å². The van der Waals surface area contributed by atoms with Crippen molar-refractivity contribution in [2.24, 2.45) is 0 Å². The molecular weight excluding hydrogens is 256 g/mol. The molecule has 5 heteroatoms. The molecule has 0 bridgehead atoms. The molecule has 1 heterocycles. The van der Waals surface area contributed by atoms with E-state index in [9.17, 15) is 9.59 Å². The van der Waals surface area contributed by atoms with Crippen molar-refractivity contribution in [3.63, 3.8) is 0 Å². The third-order valence-corrected chi connectivity index (χ3v) is 3.50. The van der Waals surface area contributed by atoms with E-state index in [2.05, 4.69) is 10.6 Å². The fraction of sp³-hybridized carbons (Fsp3) is 0.467. The molecule has 0 saturated carbocycles. The topological polar surface area (TPSA) is 67.4 Å². The van der Waals surface area contributed by atoms with Gasteiger partial charge in [0.05, 0.1) is 18.7 Å². The second-order valence-electron chi connectivity index (χ2n) is 4.87. The number of nitrogens with one attached hydrogen (secondary N) is 2. The highest BCUT2D eigenvalue weighted by molar-refractivity contribution is 5.91. The number of hydrogen-bond donors (Lipinski definition) is 2. The van der Waals surface area contributed by atoms with Gasteiger partial charge in [-0.05, 0) is 30.9 Å². The Morgan fingerprint density at radius 1 is 1.40 bits per heavy atom. The van der Waals surface area contributed by atoms with Crippen molar-refractivity contribution in [3.05, 3.63) is 35.4 Å². The number of hydrogen-bond acceptors (Lipinski definition) is 4. The maximum Gasteiger partial charge on any atom is 0.338 e. The summed E-state index contributed by atoms with van der Waals surface area (Å²) in [6, 6.07) is 7.08. The van der Waals surface area contributed by atoms with Gasteiger partial charge in [0.25, 0.3) is 0 Å². The van der Waals surface area contributed by atoms with Crippen molar-refractivity contribution >= 4 is 11.9 Å². The average Bonchev–Trinajstić information content (AvgIpc) is 2.69. The molecule has 108 valence electrons. The summed E-state index contributed by atoms with van der Waals surface area (Å²) in [5.41, 5.74) is 1.38. The summed E-state index contributed by atoms with van der Waals surface area (Å²) in [6.45, 7) is 1.22. The first-order valence-corrected chi connectivity index (χ1v) is 6.89. The number of amides is 1. The predicted molar refractivity (Wildman–Crippen MR) is 75.3 cm³/mol. The largest absolute Gasteiger partial charge is 0.465 e. The van der Waals surface area contributed by atoms with Crippen molar-refractivity contribution in [2.75, 3.05) is 13.7 Å². The highest BCUT2D eigenvalue weighted by atomic mass is 16.5. The molecule has 1 atom stereocenters. The molecule has 1 fully saturated rings. The molecular formula is C15H20N2O3. The van der Waals surface area contributed by atoms with Crippen molar-refractivity contribution in [3.8, 4) is 0 Å². The summed E-state index contributed by atoms with van der Waals surface area (Å²) < 4.78 is 4.76. The van der Waals surface area contributed by atoms with Gasteiger partial charge < -0.3 is 15.4 Å². The lowest BCUT2D eigenvalue weighted by Crippen LogP contribution is -2.42. The van der Waals surface area contributed by atoms with Crippen LogP contribution in [0.2, 0.25) is 0 Å². The highest BCUT2D eigenvalue weighted by Crippen LogP contribution is 2.12. The van der Waals surface area contributed by atoms with E-state index in [1.54, 1.807) is 12.1 Å². The summed E-state index contributed by atoms with van der Waals surface area (Å²) in [7, 11) is 1.37. The summed E-state index contributed by atoms with van der Waals surface area (Å²) in [5.74, 6) is -0.314. The smallest absolute Gasteiger partial charge is 0.338 e. The normalized spacial score (nSPS) is 19.1. The van der Waals surface area contributed by atoms with E-state index in [4.69, 9.17) is 4.74 Å². The van der Waals surface area contributed by atoms with Crippen LogP contribution in [0.25, 0.3) is 0 Å². The summed E-state index contributed by atoms with van der Waals surface area (Å²) in [6.07, 6.45) is 2.87. The molecule has 1 unspecified atom stereocenters. The van der Waals surface area contributed by atoms with E-state index in [1.165, 1.54) is 7.11 Å². The molecule has 20 heavy (non-hydrogen) atoms. The first-order valence-electron chi connectivity index (χ1n) is 6.89. The van der Waals surface area contributed by atoms with Gasteiger partial charge in [0, 0.05) is 13.1 Å². The molecule has 0 aliphatic carbocycles. The Labute approximate surface area is 118 Å². The van der Waals surface area contributed by atoms with Gasteiger partial charge in [-0.15, -0.1) is 0 Å². The number of methoxy groups -OCH3 is 1. The second-order valence-corrected chi connectivity index (χ2v) is 4.87. The molecule has 0 radical (unpaired) electrons. The van der Waals surface area contributed by atoms with Crippen molar-refractivity contribution in [2.45, 2.75) is 31.8 Å². The van der Waals surface area contributed by atoms with E-state index < -0.39 is 0 Å². The third kappa shape index (κ3) is 3.57. The number of carbonyl (C=O) groups is 2. The van der Waals surface area contributed by atoms with E-state index in [0.717, 1.165) is 31.4 Å². The summed E-state index contributed by atoms with van der Waals surface area (Å²) in [5, 5.41) is 6.11. The van der Waals surface area contributed by atoms with Gasteiger partial charge in [-0.1, -0.05) is 18.2 Å². The van der Waals surface area contributed by atoms with Gasteiger partial charge >= 0.3 is 5.97 Å². The molecule has 0 spiro atoms. The first-order chi connectivity index (χ1) is 9.72. The van der Waals surface area contributed by atoms with Crippen LogP contribution in [0.3, 0.4) is 0 Å². The lowest BCUT2D eigenvalue weighted by molar-refractivity contribution is -0.122. The van der Waals surface area contributed by atoms with Gasteiger partial charge in [0.1, 0.15) is 0 Å². The van der Waals surface area contributed by atoms with Crippen LogP contribution in [-0.2, 0) is 16.1 Å². The number of esters is 1. The maximum atomic E-state index is 11.8. The Morgan fingerprint density at radius 2 is 2.20 bits per heavy atom. The van der Waals surface area contributed by atoms with Crippen LogP contribution in [0.4, 0.5) is 0 Å². The predicted octanol–water partition coefficient (Wildman–Crippen LogP) is 1.23. The average molecular weight is 276 g/mol. The Kier molecular flexibility index (Phi) is 5.12. The zero-order valence-corrected chi connectivity index (χ0v) is 11.6. The van der Waals surface area contributed by atoms with Crippen LogP contribution < -0.4 is 10.6 Å². The standard InChI is InChI=1S/C15H20N2O3/c1-20-15(19)12-7-3-2-6-11(12)10-17-13-8-4-5-9-16-14(13)18/h2-3,6-7,13,17H,4-5,8-10H2,1H3,(H,16,18). The van der Waals surface area contributed by atoms with Gasteiger partial charge in [-0.25, -0.2) is 4.79 Å². The van der Waals surface area contributed by atoms with Gasteiger partial charge in [0.2, 0.25) is 5.91 Å². The summed E-state index contributed by atoms with van der Waals surface area (Å²) in [4.78, 5) is 23.5. The molecule has 2 rings (SSSR count). The molecule has 2 N–H and O–H groups in total. The minimum atomic E-state index is -0.354. The number of rotatable bonds is 4. The second kappa shape index (κ2) is 7.05. The maximum absolute atomic E-state index is 11.8. The van der Waals surface area contributed by atoms with Crippen LogP contribution in [0.5, 0.6) is 0 Å². The van der Waals surface area contributed by atoms with Gasteiger partial charge in [-0.3, -0.25) is 4.79 Å². The van der Waals surface area contributed by atoms with Crippen molar-refractivity contribution in [1.82, 2.24) is 10.6 Å². The minimum Gasteiger partial charge on any atom is -0.465 e. The monoisotopic (exact) mass is 276 g/mol. The molecule has 1 aromatic rings. The quantitative estimate of drug-likeness (QED) is 0.812.